The van der Waals surface area contributed by atoms with Crippen LogP contribution in [-0.4, -0.2) is 42.7 Å². The van der Waals surface area contributed by atoms with Crippen molar-refractivity contribution in [3.05, 3.63) is 59.9 Å². The van der Waals surface area contributed by atoms with Gasteiger partial charge in [-0.1, -0.05) is 12.1 Å². The zero-order chi connectivity index (χ0) is 16.5. The predicted molar refractivity (Wildman–Crippen MR) is 90.6 cm³/mol. The van der Waals surface area contributed by atoms with Gasteiger partial charge in [0.2, 0.25) is 0 Å². The van der Waals surface area contributed by atoms with Crippen molar-refractivity contribution in [2.45, 2.75) is 13.3 Å². The summed E-state index contributed by atoms with van der Waals surface area (Å²) in [4.78, 5) is 17.6. The Bertz CT molecular complexity index is 617. The number of hydrogen-bond donors (Lipinski definition) is 1. The van der Waals surface area contributed by atoms with Crippen molar-refractivity contribution in [1.82, 2.24) is 15.2 Å². The van der Waals surface area contributed by atoms with Crippen molar-refractivity contribution in [2.24, 2.45) is 0 Å². The van der Waals surface area contributed by atoms with E-state index in [2.05, 4.69) is 10.3 Å². The molecule has 2 amide bonds. The quantitative estimate of drug-likeness (QED) is 0.800. The van der Waals surface area contributed by atoms with Gasteiger partial charge in [0.05, 0.1) is 6.54 Å². The maximum Gasteiger partial charge on any atom is 0.317 e. The molecule has 0 fully saturated rings. The molecule has 1 aromatic carbocycles. The van der Waals surface area contributed by atoms with Crippen LogP contribution in [0.4, 0.5) is 4.79 Å². The summed E-state index contributed by atoms with van der Waals surface area (Å²) in [5.74, 6) is 0.824. The third-order valence-corrected chi connectivity index (χ3v) is 3.47. The van der Waals surface area contributed by atoms with E-state index in [-0.39, 0.29) is 6.03 Å². The molecule has 0 aliphatic carbocycles. The summed E-state index contributed by atoms with van der Waals surface area (Å²) in [6.07, 6.45) is 4.34. The molecule has 1 heterocycles. The van der Waals surface area contributed by atoms with Gasteiger partial charge in [-0.3, -0.25) is 4.98 Å². The van der Waals surface area contributed by atoms with Crippen LogP contribution in [0.25, 0.3) is 0 Å². The molecular weight excluding hydrogens is 290 g/mol. The second kappa shape index (κ2) is 8.78. The third-order valence-electron chi connectivity index (χ3n) is 3.47. The van der Waals surface area contributed by atoms with Crippen molar-refractivity contribution in [3.63, 3.8) is 0 Å². The third kappa shape index (κ3) is 5.98. The zero-order valence-corrected chi connectivity index (χ0v) is 13.7. The minimum atomic E-state index is -0.0908. The van der Waals surface area contributed by atoms with E-state index in [0.29, 0.717) is 19.7 Å². The van der Waals surface area contributed by atoms with Crippen LogP contribution in [0.1, 0.15) is 11.1 Å². The van der Waals surface area contributed by atoms with Crippen LogP contribution in [0.3, 0.4) is 0 Å². The Morgan fingerprint density at radius 3 is 2.78 bits per heavy atom. The number of nitrogens with one attached hydrogen (secondary N) is 1. The van der Waals surface area contributed by atoms with E-state index < -0.39 is 0 Å². The number of benzene rings is 1. The summed E-state index contributed by atoms with van der Waals surface area (Å²) >= 11 is 0. The van der Waals surface area contributed by atoms with E-state index in [9.17, 15) is 4.79 Å². The first-order valence-corrected chi connectivity index (χ1v) is 7.72. The molecule has 122 valence electrons. The summed E-state index contributed by atoms with van der Waals surface area (Å²) in [6, 6.07) is 11.7. The Hall–Kier alpha value is -2.56. The van der Waals surface area contributed by atoms with Crippen molar-refractivity contribution < 1.29 is 9.53 Å². The summed E-state index contributed by atoms with van der Waals surface area (Å²) in [6.45, 7) is 3.61. The van der Waals surface area contributed by atoms with Crippen LogP contribution in [0, 0.1) is 6.92 Å². The molecule has 0 saturated heterocycles. The molecule has 5 heteroatoms. The molecule has 0 radical (unpaired) electrons. The number of ether oxygens (including phenoxy) is 1. The number of pyridine rings is 1. The molecule has 0 spiro atoms. The molecule has 0 bridgehead atoms. The second-order valence-electron chi connectivity index (χ2n) is 5.42. The van der Waals surface area contributed by atoms with E-state index in [1.807, 2.05) is 43.3 Å². The van der Waals surface area contributed by atoms with Gasteiger partial charge in [0.1, 0.15) is 12.4 Å². The van der Waals surface area contributed by atoms with Gasteiger partial charge in [-0.15, -0.1) is 0 Å². The number of urea groups is 1. The number of rotatable bonds is 7. The van der Waals surface area contributed by atoms with Gasteiger partial charge < -0.3 is 15.0 Å². The molecule has 0 aliphatic heterocycles. The van der Waals surface area contributed by atoms with Crippen LogP contribution >= 0.6 is 0 Å². The Kier molecular flexibility index (Phi) is 6.41. The van der Waals surface area contributed by atoms with Crippen molar-refractivity contribution >= 4 is 6.03 Å². The molecule has 1 aromatic heterocycles. The molecule has 23 heavy (non-hydrogen) atoms. The van der Waals surface area contributed by atoms with Crippen LogP contribution in [0.5, 0.6) is 5.75 Å². The van der Waals surface area contributed by atoms with E-state index in [1.54, 1.807) is 24.3 Å². The maximum atomic E-state index is 12.0. The van der Waals surface area contributed by atoms with Crippen molar-refractivity contribution in [3.8, 4) is 5.75 Å². The van der Waals surface area contributed by atoms with Gasteiger partial charge in [0, 0.05) is 26.0 Å². The molecular formula is C18H23N3O2. The molecule has 0 atom stereocenters. The highest BCUT2D eigenvalue weighted by atomic mass is 16.5. The monoisotopic (exact) mass is 313 g/mol. The van der Waals surface area contributed by atoms with Crippen LogP contribution in [0.15, 0.2) is 48.8 Å². The molecule has 2 rings (SSSR count). The fraction of sp³-hybridized carbons (Fsp3) is 0.333. The Morgan fingerprint density at radius 1 is 1.26 bits per heavy atom. The predicted octanol–water partition coefficient (Wildman–Crippen LogP) is 2.65. The molecule has 0 saturated carbocycles. The fourth-order valence-corrected chi connectivity index (χ4v) is 2.11. The number of aromatic nitrogens is 1. The van der Waals surface area contributed by atoms with E-state index in [1.165, 1.54) is 5.56 Å². The number of carbonyl (C=O) groups excluding carboxylic acids is 1. The molecule has 2 aromatic rings. The highest BCUT2D eigenvalue weighted by molar-refractivity contribution is 5.73. The van der Waals surface area contributed by atoms with Crippen LogP contribution in [0.2, 0.25) is 0 Å². The lowest BCUT2D eigenvalue weighted by Gasteiger charge is -2.18. The number of nitrogens with zero attached hydrogens (tertiary/aromatic N) is 2. The molecule has 0 unspecified atom stereocenters. The smallest absolute Gasteiger partial charge is 0.317 e. The van der Waals surface area contributed by atoms with Gasteiger partial charge in [-0.2, -0.15) is 0 Å². The van der Waals surface area contributed by atoms with Gasteiger partial charge in [0.15, 0.2) is 0 Å². The molecule has 1 N–H and O–H groups in total. The Balaban J connectivity index is 1.64. The minimum Gasteiger partial charge on any atom is -0.492 e. The highest BCUT2D eigenvalue weighted by Gasteiger charge is 2.07. The Labute approximate surface area is 137 Å². The minimum absolute atomic E-state index is 0.0908. The second-order valence-corrected chi connectivity index (χ2v) is 5.42. The first-order chi connectivity index (χ1) is 11.1. The normalized spacial score (nSPS) is 10.2. The first-order valence-electron chi connectivity index (χ1n) is 7.72. The number of aryl methyl sites for hydroxylation is 1. The van der Waals surface area contributed by atoms with Crippen LogP contribution in [-0.2, 0) is 6.42 Å². The van der Waals surface area contributed by atoms with Crippen molar-refractivity contribution in [1.29, 1.82) is 0 Å². The average Bonchev–Trinajstić information content (AvgIpc) is 2.57. The van der Waals surface area contributed by atoms with E-state index in [4.69, 9.17) is 4.74 Å². The van der Waals surface area contributed by atoms with Crippen molar-refractivity contribution in [2.75, 3.05) is 26.7 Å². The lowest BCUT2D eigenvalue weighted by molar-refractivity contribution is 0.206. The van der Waals surface area contributed by atoms with E-state index in [0.717, 1.165) is 17.7 Å². The largest absolute Gasteiger partial charge is 0.492 e. The number of hydrogen-bond acceptors (Lipinski definition) is 3. The van der Waals surface area contributed by atoms with Crippen LogP contribution < -0.4 is 10.1 Å². The standard InChI is InChI=1S/C18H23N3O2/c1-15-4-3-5-17(14-15)23-13-11-20-18(22)21(2)12-8-16-6-9-19-10-7-16/h3-7,9-10,14H,8,11-13H2,1-2H3,(H,20,22). The van der Waals surface area contributed by atoms with Gasteiger partial charge >= 0.3 is 6.03 Å². The lowest BCUT2D eigenvalue weighted by Crippen LogP contribution is -2.40. The van der Waals surface area contributed by atoms with E-state index >= 15 is 0 Å². The van der Waals surface area contributed by atoms with Gasteiger partial charge in [-0.25, -0.2) is 4.79 Å². The Morgan fingerprint density at radius 2 is 2.04 bits per heavy atom. The highest BCUT2D eigenvalue weighted by Crippen LogP contribution is 2.11. The molecule has 5 nitrogen and oxygen atoms in total. The summed E-state index contributed by atoms with van der Waals surface area (Å²) < 4.78 is 5.61. The topological polar surface area (TPSA) is 54.5 Å². The lowest BCUT2D eigenvalue weighted by atomic mass is 10.2. The van der Waals surface area contributed by atoms with Gasteiger partial charge in [0.25, 0.3) is 0 Å². The zero-order valence-electron chi connectivity index (χ0n) is 13.7. The number of amides is 2. The molecule has 0 aliphatic rings. The SMILES string of the molecule is Cc1cccc(OCCNC(=O)N(C)CCc2ccncc2)c1. The fourth-order valence-electron chi connectivity index (χ4n) is 2.11. The number of likely N-dealkylation sites (N-methyl/N-ethyl adjacent to an activating group) is 1. The summed E-state index contributed by atoms with van der Waals surface area (Å²) in [5.41, 5.74) is 2.32. The number of carbonyl (C=O) groups is 1. The first kappa shape index (κ1) is 16.8. The maximum absolute atomic E-state index is 12.0. The average molecular weight is 313 g/mol. The van der Waals surface area contributed by atoms with Gasteiger partial charge in [-0.05, 0) is 48.7 Å². The summed E-state index contributed by atoms with van der Waals surface area (Å²) in [5, 5.41) is 2.85. The summed E-state index contributed by atoms with van der Waals surface area (Å²) in [7, 11) is 1.79.